The van der Waals surface area contributed by atoms with Crippen LogP contribution in [0.1, 0.15) is 16.8 Å². The zero-order valence-corrected chi connectivity index (χ0v) is 14.5. The van der Waals surface area contributed by atoms with Crippen LogP contribution in [0.5, 0.6) is 0 Å². The van der Waals surface area contributed by atoms with Gasteiger partial charge in [0, 0.05) is 10.9 Å². The molecule has 4 nitrogen and oxygen atoms in total. The van der Waals surface area contributed by atoms with Crippen molar-refractivity contribution < 1.29 is 5.21 Å². The fraction of sp³-hybridized carbons (Fsp3) is 0.267. The van der Waals surface area contributed by atoms with E-state index >= 15 is 0 Å². The summed E-state index contributed by atoms with van der Waals surface area (Å²) in [5.74, 6) is 0. The Hall–Kier alpha value is -1.25. The fourth-order valence-corrected chi connectivity index (χ4v) is 5.31. The third-order valence-corrected chi connectivity index (χ3v) is 6.81. The summed E-state index contributed by atoms with van der Waals surface area (Å²) in [4.78, 5) is 8.16. The Kier molecular flexibility index (Phi) is 3.75. The lowest BCUT2D eigenvalue weighted by molar-refractivity contribution is -0.103. The number of fused-ring (bicyclic) bond motifs is 1. The van der Waals surface area contributed by atoms with Gasteiger partial charge in [-0.1, -0.05) is 6.07 Å². The van der Waals surface area contributed by atoms with Crippen molar-refractivity contribution >= 4 is 39.0 Å². The zero-order chi connectivity index (χ0) is 15.1. The molecule has 0 aromatic carbocycles. The Bertz CT molecular complexity index is 778. The first kappa shape index (κ1) is 14.3. The topological polar surface area (TPSA) is 39.6 Å². The van der Waals surface area contributed by atoms with Gasteiger partial charge in [0.05, 0.1) is 35.3 Å². The van der Waals surface area contributed by atoms with Gasteiger partial charge in [0.15, 0.2) is 0 Å². The second-order valence-electron chi connectivity index (χ2n) is 5.33. The summed E-state index contributed by atoms with van der Waals surface area (Å²) in [6, 6.07) is 4.15. The lowest BCUT2D eigenvalue weighted by Crippen LogP contribution is -2.39. The molecule has 0 saturated carbocycles. The number of hydrogen-bond donors (Lipinski definition) is 1. The van der Waals surface area contributed by atoms with Crippen LogP contribution in [0.25, 0.3) is 9.88 Å². The number of hydroxylamine groups is 2. The lowest BCUT2D eigenvalue weighted by atomic mass is 10.1. The molecule has 0 atom stereocenters. The van der Waals surface area contributed by atoms with Gasteiger partial charge in [0.2, 0.25) is 0 Å². The second kappa shape index (κ2) is 5.75. The molecule has 1 aliphatic heterocycles. The monoisotopic (exact) mass is 349 g/mol. The summed E-state index contributed by atoms with van der Waals surface area (Å²) in [6.45, 7) is 3.97. The van der Waals surface area contributed by atoms with Gasteiger partial charge in [-0.05, 0) is 29.3 Å². The first-order valence-electron chi connectivity index (χ1n) is 6.95. The maximum atomic E-state index is 9.98. The van der Waals surface area contributed by atoms with Gasteiger partial charge in [0.25, 0.3) is 0 Å². The van der Waals surface area contributed by atoms with E-state index in [2.05, 4.69) is 40.1 Å². The van der Waals surface area contributed by atoms with Gasteiger partial charge in [-0.2, -0.15) is 5.06 Å². The molecule has 4 rings (SSSR count). The van der Waals surface area contributed by atoms with Gasteiger partial charge in [-0.15, -0.1) is 34.0 Å². The Balaban J connectivity index is 1.59. The van der Waals surface area contributed by atoms with Crippen molar-refractivity contribution in [1.29, 1.82) is 0 Å². The van der Waals surface area contributed by atoms with Crippen molar-refractivity contribution in [3.05, 3.63) is 45.1 Å². The Morgan fingerprint density at radius 1 is 1.27 bits per heavy atom. The molecule has 114 valence electrons. The van der Waals surface area contributed by atoms with Crippen LogP contribution in [0.3, 0.4) is 0 Å². The molecular formula is C15H15N3OS3. The van der Waals surface area contributed by atoms with Gasteiger partial charge in [-0.25, -0.2) is 4.98 Å². The van der Waals surface area contributed by atoms with E-state index in [1.54, 1.807) is 34.0 Å². The molecule has 0 spiro atoms. The maximum Gasteiger partial charge on any atom is 0.133 e. The Morgan fingerprint density at radius 2 is 2.18 bits per heavy atom. The maximum absolute atomic E-state index is 9.98. The molecule has 1 aliphatic rings. The third-order valence-electron chi connectivity index (χ3n) is 3.68. The minimum Gasteiger partial charge on any atom is -0.342 e. The normalized spacial score (nSPS) is 15.3. The van der Waals surface area contributed by atoms with Crippen molar-refractivity contribution in [2.45, 2.75) is 20.0 Å². The van der Waals surface area contributed by atoms with E-state index in [4.69, 9.17) is 4.98 Å². The first-order valence-corrected chi connectivity index (χ1v) is 9.58. The molecule has 4 heterocycles. The molecule has 0 aliphatic carbocycles. The van der Waals surface area contributed by atoms with E-state index in [0.29, 0.717) is 13.2 Å². The molecule has 1 N–H and O–H groups in total. The molecule has 22 heavy (non-hydrogen) atoms. The average molecular weight is 350 g/mol. The Morgan fingerprint density at radius 3 is 3.00 bits per heavy atom. The predicted octanol–water partition coefficient (Wildman–Crippen LogP) is 4.41. The average Bonchev–Trinajstić information content (AvgIpc) is 3.20. The molecular weight excluding hydrogens is 334 g/mol. The number of rotatable bonds is 3. The zero-order valence-electron chi connectivity index (χ0n) is 12.0. The number of thiophene rings is 2. The molecule has 0 unspecified atom stereocenters. The summed E-state index contributed by atoms with van der Waals surface area (Å²) in [6.07, 6.45) is 0. The van der Waals surface area contributed by atoms with Crippen LogP contribution >= 0.6 is 34.0 Å². The molecule has 0 saturated heterocycles. The van der Waals surface area contributed by atoms with Crippen molar-refractivity contribution in [2.24, 2.45) is 0 Å². The smallest absolute Gasteiger partial charge is 0.133 e. The number of thiazole rings is 1. The van der Waals surface area contributed by atoms with Crippen LogP contribution in [-0.2, 0) is 13.1 Å². The van der Waals surface area contributed by atoms with Gasteiger partial charge < -0.3 is 10.1 Å². The molecule has 0 amide bonds. The van der Waals surface area contributed by atoms with Gasteiger partial charge >= 0.3 is 0 Å². The van der Waals surface area contributed by atoms with Crippen molar-refractivity contribution in [3.8, 4) is 9.88 Å². The quantitative estimate of drug-likeness (QED) is 0.760. The molecule has 3 aromatic heterocycles. The second-order valence-corrected chi connectivity index (χ2v) is 7.99. The van der Waals surface area contributed by atoms with E-state index in [1.165, 1.54) is 26.1 Å². The molecule has 0 fully saturated rings. The van der Waals surface area contributed by atoms with E-state index in [0.717, 1.165) is 17.2 Å². The standard InChI is InChI=1S/C15H15N3OS3/c1-10-7-22-15-12(10)6-18(19)9-17(15)5-11-8-21-14(16-11)13-3-2-4-20-13/h2-4,7-8,19H,5-6,9H2,1H3. The highest BCUT2D eigenvalue weighted by molar-refractivity contribution is 7.20. The summed E-state index contributed by atoms with van der Waals surface area (Å²) in [5, 5.41) is 20.0. The van der Waals surface area contributed by atoms with Crippen LogP contribution in [0.4, 0.5) is 5.00 Å². The summed E-state index contributed by atoms with van der Waals surface area (Å²) >= 11 is 5.15. The summed E-state index contributed by atoms with van der Waals surface area (Å²) in [7, 11) is 0. The highest BCUT2D eigenvalue weighted by atomic mass is 32.1. The van der Waals surface area contributed by atoms with E-state index < -0.39 is 0 Å². The minimum absolute atomic E-state index is 0.527. The molecule has 0 bridgehead atoms. The van der Waals surface area contributed by atoms with E-state index in [1.807, 2.05) is 0 Å². The molecule has 0 radical (unpaired) electrons. The Labute approximate surface area is 140 Å². The predicted molar refractivity (Wildman–Crippen MR) is 92.9 cm³/mol. The van der Waals surface area contributed by atoms with Gasteiger partial charge in [0.1, 0.15) is 5.01 Å². The number of aromatic nitrogens is 1. The SMILES string of the molecule is Cc1csc2c1CN(O)CN2Cc1csc(-c2cccs2)n1. The highest BCUT2D eigenvalue weighted by Gasteiger charge is 2.25. The van der Waals surface area contributed by atoms with E-state index in [9.17, 15) is 5.21 Å². The summed E-state index contributed by atoms with van der Waals surface area (Å²) < 4.78 is 0. The first-order chi connectivity index (χ1) is 10.7. The van der Waals surface area contributed by atoms with Crippen molar-refractivity contribution in [3.63, 3.8) is 0 Å². The fourth-order valence-electron chi connectivity index (χ4n) is 2.62. The van der Waals surface area contributed by atoms with Crippen molar-refractivity contribution in [1.82, 2.24) is 10.0 Å². The van der Waals surface area contributed by atoms with Crippen LogP contribution < -0.4 is 4.90 Å². The minimum atomic E-state index is 0.527. The number of anilines is 1. The molecule has 3 aromatic rings. The summed E-state index contributed by atoms with van der Waals surface area (Å²) in [5.41, 5.74) is 3.54. The van der Waals surface area contributed by atoms with E-state index in [-0.39, 0.29) is 0 Å². The van der Waals surface area contributed by atoms with Gasteiger partial charge in [-0.3, -0.25) is 0 Å². The van der Waals surface area contributed by atoms with Crippen LogP contribution in [-0.4, -0.2) is 21.9 Å². The largest absolute Gasteiger partial charge is 0.342 e. The third kappa shape index (κ3) is 2.59. The van der Waals surface area contributed by atoms with Crippen LogP contribution in [0.2, 0.25) is 0 Å². The lowest BCUT2D eigenvalue weighted by Gasteiger charge is -2.33. The number of nitrogens with zero attached hydrogens (tertiary/aromatic N) is 3. The number of hydrogen-bond acceptors (Lipinski definition) is 7. The van der Waals surface area contributed by atoms with Crippen LogP contribution in [0.15, 0.2) is 28.3 Å². The molecule has 7 heteroatoms. The highest BCUT2D eigenvalue weighted by Crippen LogP contribution is 2.36. The number of aryl methyl sites for hydroxylation is 1. The van der Waals surface area contributed by atoms with Crippen molar-refractivity contribution in [2.75, 3.05) is 11.6 Å². The van der Waals surface area contributed by atoms with Crippen LogP contribution in [0, 0.1) is 6.92 Å².